The molecule has 0 aliphatic carbocycles. The Morgan fingerprint density at radius 2 is 1.00 bits per heavy atom. The molecule has 0 fully saturated rings. The second-order valence-electron chi connectivity index (χ2n) is 7.83. The SMILES string of the molecule is c1ccc(N(c2ccccc2)c2ccc(-c3cccc4c3oc3ccccc34)cc2)cc1. The summed E-state index contributed by atoms with van der Waals surface area (Å²) < 4.78 is 6.24. The lowest BCUT2D eigenvalue weighted by atomic mass is 10.0. The van der Waals surface area contributed by atoms with Crippen LogP contribution in [0, 0.1) is 0 Å². The van der Waals surface area contributed by atoms with Gasteiger partial charge in [-0.3, -0.25) is 0 Å². The van der Waals surface area contributed by atoms with Crippen LogP contribution in [0.1, 0.15) is 0 Å². The molecule has 0 bridgehead atoms. The molecule has 152 valence electrons. The van der Waals surface area contributed by atoms with Gasteiger partial charge in [0.25, 0.3) is 0 Å². The van der Waals surface area contributed by atoms with Gasteiger partial charge in [-0.15, -0.1) is 0 Å². The maximum Gasteiger partial charge on any atom is 0.143 e. The van der Waals surface area contributed by atoms with Gasteiger partial charge in [-0.1, -0.05) is 84.9 Å². The molecule has 0 atom stereocenters. The van der Waals surface area contributed by atoms with Crippen molar-refractivity contribution in [2.24, 2.45) is 0 Å². The number of furan rings is 1. The van der Waals surface area contributed by atoms with Crippen LogP contribution in [0.4, 0.5) is 17.1 Å². The van der Waals surface area contributed by atoms with E-state index in [0.717, 1.165) is 50.1 Å². The maximum absolute atomic E-state index is 6.24. The third-order valence-corrected chi connectivity index (χ3v) is 5.87. The molecule has 0 aliphatic rings. The monoisotopic (exact) mass is 411 g/mol. The number of para-hydroxylation sites is 4. The molecular formula is C30H21NO. The van der Waals surface area contributed by atoms with Crippen LogP contribution in [0.25, 0.3) is 33.1 Å². The molecule has 0 amide bonds. The molecule has 1 aromatic heterocycles. The minimum atomic E-state index is 0.922. The van der Waals surface area contributed by atoms with E-state index in [0.29, 0.717) is 0 Å². The summed E-state index contributed by atoms with van der Waals surface area (Å²) in [4.78, 5) is 2.27. The summed E-state index contributed by atoms with van der Waals surface area (Å²) in [7, 11) is 0. The van der Waals surface area contributed by atoms with E-state index in [9.17, 15) is 0 Å². The highest BCUT2D eigenvalue weighted by atomic mass is 16.3. The highest BCUT2D eigenvalue weighted by molar-refractivity contribution is 6.09. The van der Waals surface area contributed by atoms with Gasteiger partial charge in [0.1, 0.15) is 11.2 Å². The highest BCUT2D eigenvalue weighted by Gasteiger charge is 2.14. The maximum atomic E-state index is 6.24. The van der Waals surface area contributed by atoms with E-state index in [2.05, 4.69) is 108 Å². The molecule has 2 nitrogen and oxygen atoms in total. The topological polar surface area (TPSA) is 16.4 Å². The molecule has 6 rings (SSSR count). The van der Waals surface area contributed by atoms with Crippen LogP contribution >= 0.6 is 0 Å². The summed E-state index contributed by atoms with van der Waals surface area (Å²) in [5, 5.41) is 2.30. The molecule has 6 aromatic rings. The van der Waals surface area contributed by atoms with Gasteiger partial charge >= 0.3 is 0 Å². The lowest BCUT2D eigenvalue weighted by Gasteiger charge is -2.25. The van der Waals surface area contributed by atoms with Gasteiger partial charge in [0.15, 0.2) is 0 Å². The van der Waals surface area contributed by atoms with Crippen LogP contribution in [-0.2, 0) is 0 Å². The fraction of sp³-hybridized carbons (Fsp3) is 0. The van der Waals surface area contributed by atoms with E-state index in [4.69, 9.17) is 4.42 Å². The third-order valence-electron chi connectivity index (χ3n) is 5.87. The molecule has 0 aliphatic heterocycles. The van der Waals surface area contributed by atoms with E-state index >= 15 is 0 Å². The number of hydrogen-bond acceptors (Lipinski definition) is 2. The van der Waals surface area contributed by atoms with E-state index < -0.39 is 0 Å². The number of nitrogens with zero attached hydrogens (tertiary/aromatic N) is 1. The van der Waals surface area contributed by atoms with Gasteiger partial charge in [0.2, 0.25) is 0 Å². The Hall–Kier alpha value is -4.30. The molecule has 0 unspecified atom stereocenters. The van der Waals surface area contributed by atoms with E-state index in [1.807, 2.05) is 24.3 Å². The van der Waals surface area contributed by atoms with Gasteiger partial charge in [-0.2, -0.15) is 0 Å². The number of hydrogen-bond donors (Lipinski definition) is 0. The second-order valence-corrected chi connectivity index (χ2v) is 7.83. The fourth-order valence-electron chi connectivity index (χ4n) is 4.37. The summed E-state index contributed by atoms with van der Waals surface area (Å²) in [6, 6.07) is 44.2. The number of benzene rings is 5. The number of rotatable bonds is 4. The van der Waals surface area contributed by atoms with Gasteiger partial charge in [0, 0.05) is 33.4 Å². The van der Waals surface area contributed by atoms with Crippen LogP contribution in [0.2, 0.25) is 0 Å². The summed E-state index contributed by atoms with van der Waals surface area (Å²) >= 11 is 0. The molecule has 0 radical (unpaired) electrons. The quantitative estimate of drug-likeness (QED) is 0.288. The zero-order chi connectivity index (χ0) is 21.3. The van der Waals surface area contributed by atoms with Crippen LogP contribution < -0.4 is 4.90 Å². The third kappa shape index (κ3) is 3.14. The van der Waals surface area contributed by atoms with Crippen molar-refractivity contribution in [3.63, 3.8) is 0 Å². The number of anilines is 3. The first-order valence-electron chi connectivity index (χ1n) is 10.8. The Kier molecular flexibility index (Phi) is 4.47. The van der Waals surface area contributed by atoms with Crippen molar-refractivity contribution in [1.29, 1.82) is 0 Å². The Morgan fingerprint density at radius 1 is 0.438 bits per heavy atom. The van der Waals surface area contributed by atoms with Gasteiger partial charge in [0.05, 0.1) is 0 Å². The van der Waals surface area contributed by atoms with Crippen LogP contribution in [0.5, 0.6) is 0 Å². The molecule has 5 aromatic carbocycles. The first-order chi connectivity index (χ1) is 15.9. The van der Waals surface area contributed by atoms with Crippen molar-refractivity contribution in [2.75, 3.05) is 4.90 Å². The average Bonchev–Trinajstić information content (AvgIpc) is 3.25. The Bertz CT molecular complexity index is 1460. The zero-order valence-corrected chi connectivity index (χ0v) is 17.5. The lowest BCUT2D eigenvalue weighted by molar-refractivity contribution is 0.670. The minimum Gasteiger partial charge on any atom is -0.455 e. The Balaban J connectivity index is 1.46. The number of fused-ring (bicyclic) bond motifs is 3. The lowest BCUT2D eigenvalue weighted by Crippen LogP contribution is -2.09. The first-order valence-corrected chi connectivity index (χ1v) is 10.8. The normalized spacial score (nSPS) is 11.1. The summed E-state index contributed by atoms with van der Waals surface area (Å²) in [5.74, 6) is 0. The highest BCUT2D eigenvalue weighted by Crippen LogP contribution is 2.38. The van der Waals surface area contributed by atoms with Crippen molar-refractivity contribution in [3.05, 3.63) is 127 Å². The van der Waals surface area contributed by atoms with E-state index in [1.54, 1.807) is 0 Å². The second kappa shape index (κ2) is 7.75. The molecule has 2 heteroatoms. The smallest absolute Gasteiger partial charge is 0.143 e. The van der Waals surface area contributed by atoms with E-state index in [1.165, 1.54) is 0 Å². The van der Waals surface area contributed by atoms with Crippen LogP contribution in [0.15, 0.2) is 132 Å². The van der Waals surface area contributed by atoms with Crippen molar-refractivity contribution in [2.45, 2.75) is 0 Å². The molecule has 0 N–H and O–H groups in total. The van der Waals surface area contributed by atoms with Gasteiger partial charge in [-0.25, -0.2) is 0 Å². The Morgan fingerprint density at radius 3 is 1.69 bits per heavy atom. The molecular weight excluding hydrogens is 390 g/mol. The molecule has 0 saturated carbocycles. The van der Waals surface area contributed by atoms with Crippen molar-refractivity contribution in [1.82, 2.24) is 0 Å². The average molecular weight is 412 g/mol. The largest absolute Gasteiger partial charge is 0.455 e. The van der Waals surface area contributed by atoms with Gasteiger partial charge in [-0.05, 0) is 48.0 Å². The minimum absolute atomic E-state index is 0.922. The standard InChI is InChI=1S/C30H21NO/c1-3-10-23(11-4-1)31(24-12-5-2-6-13-24)25-20-18-22(19-21-25)26-15-9-16-28-27-14-7-8-17-29(27)32-30(26)28/h1-21H. The molecule has 0 saturated heterocycles. The summed E-state index contributed by atoms with van der Waals surface area (Å²) in [6.07, 6.45) is 0. The van der Waals surface area contributed by atoms with Gasteiger partial charge < -0.3 is 9.32 Å². The summed E-state index contributed by atoms with van der Waals surface area (Å²) in [5.41, 5.74) is 7.48. The molecule has 0 spiro atoms. The Labute approximate surface area is 187 Å². The molecule has 1 heterocycles. The van der Waals surface area contributed by atoms with Crippen LogP contribution in [-0.4, -0.2) is 0 Å². The first kappa shape index (κ1) is 18.5. The fourth-order valence-corrected chi connectivity index (χ4v) is 4.37. The van der Waals surface area contributed by atoms with Crippen molar-refractivity contribution < 1.29 is 4.42 Å². The van der Waals surface area contributed by atoms with Crippen molar-refractivity contribution >= 4 is 39.0 Å². The zero-order valence-electron chi connectivity index (χ0n) is 17.5. The predicted molar refractivity (Wildman–Crippen MR) is 134 cm³/mol. The predicted octanol–water partition coefficient (Wildman–Crippen LogP) is 8.72. The van der Waals surface area contributed by atoms with E-state index in [-0.39, 0.29) is 0 Å². The molecule has 32 heavy (non-hydrogen) atoms. The summed E-state index contributed by atoms with van der Waals surface area (Å²) in [6.45, 7) is 0. The van der Waals surface area contributed by atoms with Crippen molar-refractivity contribution in [3.8, 4) is 11.1 Å². The van der Waals surface area contributed by atoms with Crippen LogP contribution in [0.3, 0.4) is 0 Å².